The maximum Gasteiger partial charge on any atom is 0.0435 e. The van der Waals surface area contributed by atoms with Gasteiger partial charge in [-0.2, -0.15) is 0 Å². The lowest BCUT2D eigenvalue weighted by atomic mass is 9.69. The molecule has 0 saturated heterocycles. The number of hydrogen-bond donors (Lipinski definition) is 1. The van der Waals surface area contributed by atoms with Crippen LogP contribution in [-0.4, -0.2) is 0 Å². The number of nitrogens with two attached hydrogens (primary N) is 1. The first-order valence-electron chi connectivity index (χ1n) is 7.24. The largest absolute Gasteiger partial charge is 0.321 e. The second-order valence-corrected chi connectivity index (χ2v) is 7.02. The van der Waals surface area contributed by atoms with E-state index in [2.05, 4.69) is 52.0 Å². The standard InChI is InChI=1S/C17H27N/c1-13-8-5-6-11-17(13,18)15-10-7-9-14(12-15)16(2,3)4/h7,9-10,12-13H,5-6,8,11,18H2,1-4H3/t13-,17?/m0/s1. The van der Waals surface area contributed by atoms with Crippen molar-refractivity contribution in [1.82, 2.24) is 0 Å². The predicted octanol–water partition coefficient (Wildman–Crippen LogP) is 4.35. The summed E-state index contributed by atoms with van der Waals surface area (Å²) in [6.07, 6.45) is 4.98. The average molecular weight is 245 g/mol. The highest BCUT2D eigenvalue weighted by Crippen LogP contribution is 2.40. The Bertz CT molecular complexity index is 416. The van der Waals surface area contributed by atoms with Crippen LogP contribution in [0.15, 0.2) is 24.3 Å². The van der Waals surface area contributed by atoms with E-state index in [9.17, 15) is 0 Å². The maximum absolute atomic E-state index is 6.74. The molecule has 1 aliphatic rings. The van der Waals surface area contributed by atoms with Gasteiger partial charge in [0.15, 0.2) is 0 Å². The average Bonchev–Trinajstić information content (AvgIpc) is 2.32. The summed E-state index contributed by atoms with van der Waals surface area (Å²) < 4.78 is 0. The molecule has 2 atom stereocenters. The first-order valence-corrected chi connectivity index (χ1v) is 7.24. The number of hydrogen-bond acceptors (Lipinski definition) is 1. The molecule has 2 N–H and O–H groups in total. The van der Waals surface area contributed by atoms with Crippen LogP contribution in [-0.2, 0) is 11.0 Å². The molecule has 0 spiro atoms. The smallest absolute Gasteiger partial charge is 0.0435 e. The molecule has 0 radical (unpaired) electrons. The fourth-order valence-corrected chi connectivity index (χ4v) is 3.08. The van der Waals surface area contributed by atoms with E-state index < -0.39 is 0 Å². The highest BCUT2D eigenvalue weighted by Gasteiger charge is 2.36. The molecule has 1 unspecified atom stereocenters. The zero-order valence-corrected chi connectivity index (χ0v) is 12.3. The van der Waals surface area contributed by atoms with Crippen LogP contribution in [0.25, 0.3) is 0 Å². The Morgan fingerprint density at radius 3 is 2.56 bits per heavy atom. The summed E-state index contributed by atoms with van der Waals surface area (Å²) in [6.45, 7) is 9.10. The lowest BCUT2D eigenvalue weighted by Gasteiger charge is -2.40. The third kappa shape index (κ3) is 2.47. The van der Waals surface area contributed by atoms with Gasteiger partial charge in [0.25, 0.3) is 0 Å². The molecule has 1 nitrogen and oxygen atoms in total. The third-order valence-corrected chi connectivity index (χ3v) is 4.62. The van der Waals surface area contributed by atoms with Gasteiger partial charge in [-0.3, -0.25) is 0 Å². The molecular weight excluding hydrogens is 218 g/mol. The van der Waals surface area contributed by atoms with Crippen molar-refractivity contribution < 1.29 is 0 Å². The summed E-state index contributed by atoms with van der Waals surface area (Å²) in [4.78, 5) is 0. The summed E-state index contributed by atoms with van der Waals surface area (Å²) in [5, 5.41) is 0. The van der Waals surface area contributed by atoms with Gasteiger partial charge in [-0.15, -0.1) is 0 Å². The first-order chi connectivity index (χ1) is 8.34. The second-order valence-electron chi connectivity index (χ2n) is 7.02. The fourth-order valence-electron chi connectivity index (χ4n) is 3.08. The lowest BCUT2D eigenvalue weighted by molar-refractivity contribution is 0.206. The first kappa shape index (κ1) is 13.6. The van der Waals surface area contributed by atoms with Crippen LogP contribution < -0.4 is 5.73 Å². The summed E-state index contributed by atoms with van der Waals surface area (Å²) in [6, 6.07) is 8.95. The van der Waals surface area contributed by atoms with Crippen LogP contribution in [0.5, 0.6) is 0 Å². The van der Waals surface area contributed by atoms with Crippen LogP contribution in [0, 0.1) is 5.92 Å². The van der Waals surface area contributed by atoms with Crippen LogP contribution in [0.2, 0.25) is 0 Å². The molecule has 18 heavy (non-hydrogen) atoms. The monoisotopic (exact) mass is 245 g/mol. The minimum Gasteiger partial charge on any atom is -0.321 e. The van der Waals surface area contributed by atoms with Gasteiger partial charge >= 0.3 is 0 Å². The summed E-state index contributed by atoms with van der Waals surface area (Å²) in [7, 11) is 0. The van der Waals surface area contributed by atoms with Crippen molar-refractivity contribution in [2.24, 2.45) is 11.7 Å². The molecule has 2 rings (SSSR count). The Labute approximate surface area is 112 Å². The summed E-state index contributed by atoms with van der Waals surface area (Å²) in [5.74, 6) is 0.585. The van der Waals surface area contributed by atoms with Crippen LogP contribution >= 0.6 is 0 Å². The molecule has 1 fully saturated rings. The van der Waals surface area contributed by atoms with Crippen molar-refractivity contribution in [3.8, 4) is 0 Å². The molecule has 0 bridgehead atoms. The SMILES string of the molecule is C[C@H]1CCCCC1(N)c1cccc(C(C)(C)C)c1. The van der Waals surface area contributed by atoms with Crippen molar-refractivity contribution >= 4 is 0 Å². The molecule has 1 heteroatoms. The fraction of sp³-hybridized carbons (Fsp3) is 0.647. The van der Waals surface area contributed by atoms with Crippen LogP contribution in [0.4, 0.5) is 0 Å². The zero-order chi connectivity index (χ0) is 13.4. The van der Waals surface area contributed by atoms with Crippen molar-refractivity contribution in [2.45, 2.75) is 64.3 Å². The normalized spacial score (nSPS) is 29.3. The van der Waals surface area contributed by atoms with E-state index in [0.29, 0.717) is 5.92 Å². The highest BCUT2D eigenvalue weighted by molar-refractivity contribution is 5.33. The molecule has 0 aliphatic heterocycles. The van der Waals surface area contributed by atoms with Gasteiger partial charge in [-0.05, 0) is 35.3 Å². The Kier molecular flexibility index (Phi) is 3.55. The minimum absolute atomic E-state index is 0.112. The van der Waals surface area contributed by atoms with Gasteiger partial charge in [0.05, 0.1) is 0 Å². The van der Waals surface area contributed by atoms with Gasteiger partial charge in [-0.1, -0.05) is 64.8 Å². The quantitative estimate of drug-likeness (QED) is 0.782. The van der Waals surface area contributed by atoms with Crippen LogP contribution in [0.3, 0.4) is 0 Å². The van der Waals surface area contributed by atoms with E-state index in [1.54, 1.807) is 0 Å². The second kappa shape index (κ2) is 4.70. The van der Waals surface area contributed by atoms with Gasteiger partial charge in [-0.25, -0.2) is 0 Å². The number of benzene rings is 1. The highest BCUT2D eigenvalue weighted by atomic mass is 14.8. The molecule has 0 aromatic heterocycles. The maximum atomic E-state index is 6.74. The predicted molar refractivity (Wildman–Crippen MR) is 78.6 cm³/mol. The van der Waals surface area contributed by atoms with E-state index in [4.69, 9.17) is 5.73 Å². The molecule has 1 aromatic carbocycles. The third-order valence-electron chi connectivity index (χ3n) is 4.62. The Morgan fingerprint density at radius 2 is 1.94 bits per heavy atom. The van der Waals surface area contributed by atoms with Crippen molar-refractivity contribution in [1.29, 1.82) is 0 Å². The molecule has 1 saturated carbocycles. The van der Waals surface area contributed by atoms with Crippen LogP contribution in [0.1, 0.15) is 64.5 Å². The van der Waals surface area contributed by atoms with Gasteiger partial charge in [0, 0.05) is 5.54 Å². The zero-order valence-electron chi connectivity index (χ0n) is 12.3. The molecular formula is C17H27N. The lowest BCUT2D eigenvalue weighted by Crippen LogP contribution is -2.45. The van der Waals surface area contributed by atoms with Crippen molar-refractivity contribution in [2.75, 3.05) is 0 Å². The summed E-state index contributed by atoms with van der Waals surface area (Å²) in [5.41, 5.74) is 9.55. The molecule has 100 valence electrons. The van der Waals surface area contributed by atoms with E-state index in [1.165, 1.54) is 30.4 Å². The molecule has 1 aromatic rings. The van der Waals surface area contributed by atoms with Crippen molar-refractivity contribution in [3.05, 3.63) is 35.4 Å². The van der Waals surface area contributed by atoms with E-state index in [0.717, 1.165) is 6.42 Å². The van der Waals surface area contributed by atoms with E-state index in [-0.39, 0.29) is 11.0 Å². The van der Waals surface area contributed by atoms with Gasteiger partial charge < -0.3 is 5.73 Å². The molecule has 0 amide bonds. The Hall–Kier alpha value is -0.820. The Morgan fingerprint density at radius 1 is 1.22 bits per heavy atom. The summed E-state index contributed by atoms with van der Waals surface area (Å²) >= 11 is 0. The van der Waals surface area contributed by atoms with E-state index >= 15 is 0 Å². The minimum atomic E-state index is -0.112. The van der Waals surface area contributed by atoms with Crippen molar-refractivity contribution in [3.63, 3.8) is 0 Å². The number of rotatable bonds is 1. The van der Waals surface area contributed by atoms with E-state index in [1.807, 2.05) is 0 Å². The molecule has 1 aliphatic carbocycles. The Balaban J connectivity index is 2.38. The topological polar surface area (TPSA) is 26.0 Å². The molecule has 0 heterocycles. The van der Waals surface area contributed by atoms with Gasteiger partial charge in [0.1, 0.15) is 0 Å². The van der Waals surface area contributed by atoms with Gasteiger partial charge in [0.2, 0.25) is 0 Å².